The van der Waals surface area contributed by atoms with Crippen molar-refractivity contribution in [1.82, 2.24) is 4.98 Å². The molecule has 1 aromatic carbocycles. The molecule has 0 spiro atoms. The van der Waals surface area contributed by atoms with Gasteiger partial charge in [0.2, 0.25) is 0 Å². The highest BCUT2D eigenvalue weighted by Gasteiger charge is 2.33. The second-order valence-corrected chi connectivity index (χ2v) is 6.63. The van der Waals surface area contributed by atoms with E-state index in [0.29, 0.717) is 11.8 Å². The number of nitrogens with two attached hydrogens (primary N) is 1. The van der Waals surface area contributed by atoms with Crippen molar-refractivity contribution in [2.45, 2.75) is 45.4 Å². The summed E-state index contributed by atoms with van der Waals surface area (Å²) in [7, 11) is 0. The van der Waals surface area contributed by atoms with Gasteiger partial charge >= 0.3 is 0 Å². The molecule has 2 aliphatic carbocycles. The van der Waals surface area contributed by atoms with Crippen LogP contribution in [0.25, 0.3) is 10.9 Å². The zero-order valence-corrected chi connectivity index (χ0v) is 12.8. The van der Waals surface area contributed by atoms with Gasteiger partial charge in [0.25, 0.3) is 0 Å². The molecule has 0 amide bonds. The summed E-state index contributed by atoms with van der Waals surface area (Å²) in [6.45, 7) is 4.40. The molecule has 0 saturated carbocycles. The van der Waals surface area contributed by atoms with Crippen LogP contribution in [0.1, 0.15) is 48.9 Å². The van der Waals surface area contributed by atoms with E-state index in [1.165, 1.54) is 41.5 Å². The lowest BCUT2D eigenvalue weighted by Crippen LogP contribution is -2.24. The Bertz CT molecular complexity index is 758. The van der Waals surface area contributed by atoms with Gasteiger partial charge in [-0.25, -0.2) is 0 Å². The Labute approximate surface area is 126 Å². The number of nitrogens with zero attached hydrogens (tertiary/aromatic N) is 1. The van der Waals surface area contributed by atoms with Crippen molar-refractivity contribution in [3.05, 3.63) is 46.7 Å². The van der Waals surface area contributed by atoms with Crippen LogP contribution in [0.2, 0.25) is 0 Å². The van der Waals surface area contributed by atoms with E-state index in [1.807, 2.05) is 0 Å². The van der Waals surface area contributed by atoms with Crippen LogP contribution in [0.4, 0.5) is 5.69 Å². The second-order valence-electron chi connectivity index (χ2n) is 6.63. The first-order valence-corrected chi connectivity index (χ1v) is 8.04. The largest absolute Gasteiger partial charge is 0.398 e. The van der Waals surface area contributed by atoms with Gasteiger partial charge in [-0.05, 0) is 56.1 Å². The number of benzene rings is 1. The second kappa shape index (κ2) is 4.59. The van der Waals surface area contributed by atoms with Gasteiger partial charge in [0.15, 0.2) is 0 Å². The normalized spacial score (nSPS) is 23.8. The quantitative estimate of drug-likeness (QED) is 0.779. The van der Waals surface area contributed by atoms with Gasteiger partial charge < -0.3 is 5.73 Å². The Morgan fingerprint density at radius 3 is 2.95 bits per heavy atom. The molecule has 0 aliphatic heterocycles. The summed E-state index contributed by atoms with van der Waals surface area (Å²) in [4.78, 5) is 4.96. The SMILES string of the molecule is CCC1=C[C@@H]2Cc3nc4cccc(C)c4c(N)c3[C@H](C1)C2. The standard InChI is InChI=1S/C19H22N2/c1-3-12-7-13-9-14(8-12)18-16(10-13)21-15-6-4-5-11(2)17(15)19(18)20/h4-7,13-14H,3,8-10H2,1-2H3,(H2,20,21)/t13-,14+/m0/s1. The van der Waals surface area contributed by atoms with Crippen molar-refractivity contribution in [2.75, 3.05) is 5.73 Å². The first-order valence-electron chi connectivity index (χ1n) is 8.04. The first-order chi connectivity index (χ1) is 10.2. The Morgan fingerprint density at radius 2 is 2.14 bits per heavy atom. The molecule has 4 rings (SSSR count). The lowest BCUT2D eigenvalue weighted by molar-refractivity contribution is 0.429. The Kier molecular flexibility index (Phi) is 2.81. The zero-order valence-electron chi connectivity index (χ0n) is 12.8. The summed E-state index contributed by atoms with van der Waals surface area (Å²) < 4.78 is 0. The molecule has 2 heteroatoms. The number of pyridine rings is 1. The third-order valence-corrected chi connectivity index (χ3v) is 5.26. The molecule has 0 saturated heterocycles. The average Bonchev–Trinajstić information content (AvgIpc) is 2.46. The Morgan fingerprint density at radius 1 is 1.29 bits per heavy atom. The van der Waals surface area contributed by atoms with Gasteiger partial charge in [-0.15, -0.1) is 0 Å². The Hall–Kier alpha value is -1.83. The predicted molar refractivity (Wildman–Crippen MR) is 88.4 cm³/mol. The summed E-state index contributed by atoms with van der Waals surface area (Å²) >= 11 is 0. The fraction of sp³-hybridized carbons (Fsp3) is 0.421. The van der Waals surface area contributed by atoms with Gasteiger partial charge in [0.1, 0.15) is 0 Å². The molecular weight excluding hydrogens is 256 g/mol. The van der Waals surface area contributed by atoms with Crippen LogP contribution in [0, 0.1) is 12.8 Å². The minimum Gasteiger partial charge on any atom is -0.398 e. The van der Waals surface area contributed by atoms with E-state index in [4.69, 9.17) is 10.7 Å². The maximum absolute atomic E-state index is 6.60. The molecule has 2 atom stereocenters. The number of anilines is 1. The van der Waals surface area contributed by atoms with E-state index in [2.05, 4.69) is 38.1 Å². The highest BCUT2D eigenvalue weighted by Crippen LogP contribution is 2.47. The van der Waals surface area contributed by atoms with Gasteiger partial charge in [-0.2, -0.15) is 0 Å². The Balaban J connectivity index is 1.95. The summed E-state index contributed by atoms with van der Waals surface area (Å²) in [5.74, 6) is 1.25. The van der Waals surface area contributed by atoms with Crippen molar-refractivity contribution in [3.63, 3.8) is 0 Å². The van der Waals surface area contributed by atoms with Crippen LogP contribution in [-0.4, -0.2) is 4.98 Å². The first kappa shape index (κ1) is 12.9. The molecule has 1 heterocycles. The van der Waals surface area contributed by atoms with Crippen LogP contribution < -0.4 is 5.73 Å². The van der Waals surface area contributed by atoms with E-state index >= 15 is 0 Å². The summed E-state index contributed by atoms with van der Waals surface area (Å²) in [6, 6.07) is 6.31. The number of hydrogen-bond acceptors (Lipinski definition) is 2. The zero-order chi connectivity index (χ0) is 14.6. The van der Waals surface area contributed by atoms with E-state index in [-0.39, 0.29) is 0 Å². The molecule has 0 radical (unpaired) electrons. The minimum absolute atomic E-state index is 0.579. The molecule has 2 N–H and O–H groups in total. The van der Waals surface area contributed by atoms with Gasteiger partial charge in [0.05, 0.1) is 5.52 Å². The van der Waals surface area contributed by atoms with E-state index in [9.17, 15) is 0 Å². The number of allylic oxidation sites excluding steroid dienone is 2. The highest BCUT2D eigenvalue weighted by molar-refractivity contribution is 5.95. The third-order valence-electron chi connectivity index (χ3n) is 5.26. The molecule has 2 aromatic rings. The van der Waals surface area contributed by atoms with Crippen LogP contribution >= 0.6 is 0 Å². The van der Waals surface area contributed by atoms with Crippen LogP contribution in [0.5, 0.6) is 0 Å². The summed E-state index contributed by atoms with van der Waals surface area (Å²) in [5.41, 5.74) is 14.1. The summed E-state index contributed by atoms with van der Waals surface area (Å²) in [6.07, 6.45) is 7.15. The third kappa shape index (κ3) is 1.89. The lowest BCUT2D eigenvalue weighted by Gasteiger charge is -2.36. The summed E-state index contributed by atoms with van der Waals surface area (Å²) in [5, 5.41) is 1.17. The maximum atomic E-state index is 6.60. The van der Waals surface area contributed by atoms with Crippen LogP contribution in [0.3, 0.4) is 0 Å². The van der Waals surface area contributed by atoms with Gasteiger partial charge in [-0.1, -0.05) is 30.7 Å². The molecule has 0 fully saturated rings. The molecule has 21 heavy (non-hydrogen) atoms. The number of rotatable bonds is 1. The average molecular weight is 278 g/mol. The van der Waals surface area contributed by atoms with Crippen molar-refractivity contribution in [1.29, 1.82) is 0 Å². The molecule has 2 aliphatic rings. The van der Waals surface area contributed by atoms with Crippen molar-refractivity contribution >= 4 is 16.6 Å². The number of nitrogen functional groups attached to an aromatic ring is 1. The number of aromatic nitrogens is 1. The van der Waals surface area contributed by atoms with E-state index in [0.717, 1.165) is 17.6 Å². The molecule has 1 aromatic heterocycles. The fourth-order valence-electron chi connectivity index (χ4n) is 4.31. The van der Waals surface area contributed by atoms with E-state index in [1.54, 1.807) is 5.57 Å². The molecule has 2 bridgehead atoms. The number of aryl methyl sites for hydroxylation is 1. The minimum atomic E-state index is 0.579. The number of fused-ring (bicyclic) bond motifs is 5. The van der Waals surface area contributed by atoms with Crippen molar-refractivity contribution in [3.8, 4) is 0 Å². The van der Waals surface area contributed by atoms with E-state index < -0.39 is 0 Å². The topological polar surface area (TPSA) is 38.9 Å². The van der Waals surface area contributed by atoms with Crippen molar-refractivity contribution < 1.29 is 0 Å². The molecular formula is C19H22N2. The molecule has 0 unspecified atom stereocenters. The maximum Gasteiger partial charge on any atom is 0.0728 e. The van der Waals surface area contributed by atoms with Gasteiger partial charge in [0, 0.05) is 22.3 Å². The monoisotopic (exact) mass is 278 g/mol. The number of hydrogen-bond donors (Lipinski definition) is 1. The van der Waals surface area contributed by atoms with Crippen LogP contribution in [-0.2, 0) is 6.42 Å². The van der Waals surface area contributed by atoms with Gasteiger partial charge in [-0.3, -0.25) is 4.98 Å². The predicted octanol–water partition coefficient (Wildman–Crippen LogP) is 4.51. The van der Waals surface area contributed by atoms with Crippen LogP contribution in [0.15, 0.2) is 29.8 Å². The van der Waals surface area contributed by atoms with Crippen molar-refractivity contribution in [2.24, 2.45) is 5.92 Å². The fourth-order valence-corrected chi connectivity index (χ4v) is 4.31. The molecule has 108 valence electrons. The smallest absolute Gasteiger partial charge is 0.0728 e. The lowest BCUT2D eigenvalue weighted by atomic mass is 9.70. The molecule has 2 nitrogen and oxygen atoms in total. The highest BCUT2D eigenvalue weighted by atomic mass is 14.8.